The molecule has 1 atom stereocenters. The largest absolute Gasteiger partial charge is 0.394 e. The standard InChI is InChI=1S/C16H26BrNOS/c1-4-16(12-19,18-13(2)3)10-7-11-20-15-9-6-5-8-14(15)17/h5-6,8-9,13,18-19H,4,7,10-12H2,1-3H3. The van der Waals surface area contributed by atoms with E-state index in [9.17, 15) is 5.11 Å². The first-order chi connectivity index (χ1) is 9.53. The van der Waals surface area contributed by atoms with Crippen molar-refractivity contribution in [2.75, 3.05) is 12.4 Å². The molecule has 1 rings (SSSR count). The first-order valence-electron chi connectivity index (χ1n) is 7.29. The highest BCUT2D eigenvalue weighted by Crippen LogP contribution is 2.29. The van der Waals surface area contributed by atoms with Gasteiger partial charge in [-0.05, 0) is 53.1 Å². The van der Waals surface area contributed by atoms with Crippen molar-refractivity contribution in [1.82, 2.24) is 5.32 Å². The zero-order valence-corrected chi connectivity index (χ0v) is 15.1. The highest BCUT2D eigenvalue weighted by molar-refractivity contribution is 9.10. The van der Waals surface area contributed by atoms with E-state index in [0.717, 1.165) is 29.5 Å². The smallest absolute Gasteiger partial charge is 0.0613 e. The minimum atomic E-state index is -0.122. The average molecular weight is 360 g/mol. The third-order valence-electron chi connectivity index (χ3n) is 3.47. The van der Waals surface area contributed by atoms with Crippen molar-refractivity contribution in [2.24, 2.45) is 0 Å². The Balaban J connectivity index is 2.43. The van der Waals surface area contributed by atoms with Crippen LogP contribution in [0.4, 0.5) is 0 Å². The lowest BCUT2D eigenvalue weighted by molar-refractivity contribution is 0.137. The first-order valence-corrected chi connectivity index (χ1v) is 9.07. The van der Waals surface area contributed by atoms with Crippen LogP contribution in [0.1, 0.15) is 40.0 Å². The Bertz CT molecular complexity index is 394. The number of halogens is 1. The van der Waals surface area contributed by atoms with Gasteiger partial charge in [0.25, 0.3) is 0 Å². The topological polar surface area (TPSA) is 32.3 Å². The molecule has 0 aromatic heterocycles. The van der Waals surface area contributed by atoms with Gasteiger partial charge in [0.05, 0.1) is 6.61 Å². The minimum absolute atomic E-state index is 0.122. The molecule has 0 saturated heterocycles. The van der Waals surface area contributed by atoms with Gasteiger partial charge in [0, 0.05) is 20.9 Å². The molecule has 1 unspecified atom stereocenters. The first kappa shape index (κ1) is 18.0. The lowest BCUT2D eigenvalue weighted by atomic mass is 9.91. The van der Waals surface area contributed by atoms with Crippen LogP contribution >= 0.6 is 27.7 Å². The summed E-state index contributed by atoms with van der Waals surface area (Å²) in [5, 5.41) is 13.2. The average Bonchev–Trinajstić information content (AvgIpc) is 2.43. The number of hydrogen-bond donors (Lipinski definition) is 2. The second-order valence-corrected chi connectivity index (χ2v) is 7.46. The van der Waals surface area contributed by atoms with Crippen LogP contribution in [-0.4, -0.2) is 29.0 Å². The molecule has 114 valence electrons. The highest BCUT2D eigenvalue weighted by Gasteiger charge is 2.27. The molecule has 0 saturated carbocycles. The van der Waals surface area contributed by atoms with Crippen LogP contribution in [0.3, 0.4) is 0 Å². The molecule has 0 bridgehead atoms. The van der Waals surface area contributed by atoms with Crippen LogP contribution in [0.25, 0.3) is 0 Å². The summed E-state index contributed by atoms with van der Waals surface area (Å²) < 4.78 is 1.16. The van der Waals surface area contributed by atoms with E-state index in [1.807, 2.05) is 17.8 Å². The SMILES string of the molecule is CCC(CO)(CCCSc1ccccc1Br)NC(C)C. The molecule has 0 aliphatic heterocycles. The van der Waals surface area contributed by atoms with E-state index in [1.54, 1.807) is 0 Å². The van der Waals surface area contributed by atoms with E-state index in [1.165, 1.54) is 4.90 Å². The molecule has 0 fully saturated rings. The van der Waals surface area contributed by atoms with Crippen molar-refractivity contribution in [1.29, 1.82) is 0 Å². The lowest BCUT2D eigenvalue weighted by Gasteiger charge is -2.34. The highest BCUT2D eigenvalue weighted by atomic mass is 79.9. The van der Waals surface area contributed by atoms with Crippen LogP contribution in [0.15, 0.2) is 33.6 Å². The Morgan fingerprint density at radius 3 is 2.60 bits per heavy atom. The summed E-state index contributed by atoms with van der Waals surface area (Å²) in [5.41, 5.74) is -0.122. The number of aliphatic hydroxyl groups is 1. The second kappa shape index (κ2) is 9.08. The molecular weight excluding hydrogens is 334 g/mol. The Morgan fingerprint density at radius 1 is 1.35 bits per heavy atom. The van der Waals surface area contributed by atoms with Crippen LogP contribution in [-0.2, 0) is 0 Å². The number of hydrogen-bond acceptors (Lipinski definition) is 3. The molecule has 0 aliphatic carbocycles. The maximum atomic E-state index is 9.71. The maximum Gasteiger partial charge on any atom is 0.0613 e. The predicted molar refractivity (Wildman–Crippen MR) is 92.5 cm³/mol. The Labute approximate surface area is 135 Å². The fraction of sp³-hybridized carbons (Fsp3) is 0.625. The van der Waals surface area contributed by atoms with Gasteiger partial charge in [0.15, 0.2) is 0 Å². The molecule has 1 aromatic carbocycles. The summed E-state index contributed by atoms with van der Waals surface area (Å²) in [6.07, 6.45) is 3.07. The molecule has 0 amide bonds. The van der Waals surface area contributed by atoms with Gasteiger partial charge in [0.2, 0.25) is 0 Å². The zero-order chi connectivity index (χ0) is 15.0. The third kappa shape index (κ3) is 5.76. The molecule has 0 radical (unpaired) electrons. The zero-order valence-electron chi connectivity index (χ0n) is 12.7. The van der Waals surface area contributed by atoms with Gasteiger partial charge in [-0.3, -0.25) is 0 Å². The summed E-state index contributed by atoms with van der Waals surface area (Å²) in [5.74, 6) is 1.07. The number of rotatable bonds is 9. The molecular formula is C16H26BrNOS. The monoisotopic (exact) mass is 359 g/mol. The van der Waals surface area contributed by atoms with Crippen molar-refractivity contribution in [2.45, 2.75) is 56.5 Å². The number of aliphatic hydroxyl groups excluding tert-OH is 1. The normalized spacial score (nSPS) is 14.5. The number of nitrogens with one attached hydrogen (secondary N) is 1. The van der Waals surface area contributed by atoms with Crippen LogP contribution in [0, 0.1) is 0 Å². The van der Waals surface area contributed by atoms with E-state index >= 15 is 0 Å². The molecule has 0 spiro atoms. The molecule has 0 aliphatic rings. The van der Waals surface area contributed by atoms with Crippen molar-refractivity contribution < 1.29 is 5.11 Å². The molecule has 2 N–H and O–H groups in total. The van der Waals surface area contributed by atoms with Crippen molar-refractivity contribution >= 4 is 27.7 Å². The van der Waals surface area contributed by atoms with Crippen molar-refractivity contribution in [3.8, 4) is 0 Å². The lowest BCUT2D eigenvalue weighted by Crippen LogP contribution is -2.51. The van der Waals surface area contributed by atoms with Crippen LogP contribution in [0.2, 0.25) is 0 Å². The Hall–Kier alpha value is -0.0300. The van der Waals surface area contributed by atoms with Gasteiger partial charge in [-0.15, -0.1) is 11.8 Å². The fourth-order valence-electron chi connectivity index (χ4n) is 2.35. The van der Waals surface area contributed by atoms with E-state index in [-0.39, 0.29) is 12.1 Å². The summed E-state index contributed by atoms with van der Waals surface area (Å²) in [6, 6.07) is 8.72. The van der Waals surface area contributed by atoms with Gasteiger partial charge < -0.3 is 10.4 Å². The van der Waals surface area contributed by atoms with E-state index in [4.69, 9.17) is 0 Å². The van der Waals surface area contributed by atoms with Crippen LogP contribution < -0.4 is 5.32 Å². The minimum Gasteiger partial charge on any atom is -0.394 e. The third-order valence-corrected chi connectivity index (χ3v) is 5.58. The van der Waals surface area contributed by atoms with E-state index in [0.29, 0.717) is 6.04 Å². The molecule has 4 heteroatoms. The van der Waals surface area contributed by atoms with Gasteiger partial charge in [-0.2, -0.15) is 0 Å². The fourth-order valence-corrected chi connectivity index (χ4v) is 3.87. The van der Waals surface area contributed by atoms with Crippen molar-refractivity contribution in [3.05, 3.63) is 28.7 Å². The summed E-state index contributed by atoms with van der Waals surface area (Å²) >= 11 is 5.45. The molecule has 1 aromatic rings. The van der Waals surface area contributed by atoms with Gasteiger partial charge >= 0.3 is 0 Å². The van der Waals surface area contributed by atoms with Gasteiger partial charge in [0.1, 0.15) is 0 Å². The second-order valence-electron chi connectivity index (χ2n) is 5.47. The maximum absolute atomic E-state index is 9.71. The molecule has 0 heterocycles. The van der Waals surface area contributed by atoms with E-state index < -0.39 is 0 Å². The molecule has 20 heavy (non-hydrogen) atoms. The Morgan fingerprint density at radius 2 is 2.05 bits per heavy atom. The predicted octanol–water partition coefficient (Wildman–Crippen LogP) is 4.46. The van der Waals surface area contributed by atoms with Gasteiger partial charge in [-0.1, -0.05) is 32.9 Å². The van der Waals surface area contributed by atoms with E-state index in [2.05, 4.69) is 60.2 Å². The summed E-state index contributed by atoms with van der Waals surface area (Å²) in [7, 11) is 0. The quantitative estimate of drug-likeness (QED) is 0.504. The Kier molecular flexibility index (Phi) is 8.18. The van der Waals surface area contributed by atoms with Gasteiger partial charge in [-0.25, -0.2) is 0 Å². The summed E-state index contributed by atoms with van der Waals surface area (Å²) in [4.78, 5) is 1.29. The number of thioether (sulfide) groups is 1. The summed E-state index contributed by atoms with van der Waals surface area (Å²) in [6.45, 7) is 6.62. The van der Waals surface area contributed by atoms with Crippen LogP contribution in [0.5, 0.6) is 0 Å². The van der Waals surface area contributed by atoms with Crippen molar-refractivity contribution in [3.63, 3.8) is 0 Å². The molecule has 2 nitrogen and oxygen atoms in total. The number of benzene rings is 1.